The molecule has 2 rings (SSSR count). The maximum Gasteiger partial charge on any atom is 0.425 e. The Morgan fingerprint density at radius 2 is 1.95 bits per heavy atom. The fourth-order valence-electron chi connectivity index (χ4n) is 1.94. The maximum absolute atomic E-state index is 11.6. The Labute approximate surface area is 109 Å². The quantitative estimate of drug-likeness (QED) is 0.603. The summed E-state index contributed by atoms with van der Waals surface area (Å²) in [4.78, 5) is 35.1. The fraction of sp³-hybridized carbons (Fsp3) is 0.308. The van der Waals surface area contributed by atoms with Crippen molar-refractivity contribution in [3.8, 4) is 5.75 Å². The molecule has 0 unspecified atom stereocenters. The Balaban J connectivity index is 2.18. The molecular formula is C13H13NO5. The van der Waals surface area contributed by atoms with Crippen molar-refractivity contribution in [3.05, 3.63) is 29.8 Å². The number of imide groups is 1. The number of benzene rings is 1. The number of amides is 2. The van der Waals surface area contributed by atoms with E-state index in [2.05, 4.69) is 4.74 Å². The Bertz CT molecular complexity index is 522. The van der Waals surface area contributed by atoms with E-state index < -0.39 is 24.0 Å². The van der Waals surface area contributed by atoms with Gasteiger partial charge in [0.15, 0.2) is 0 Å². The Hall–Kier alpha value is -2.37. The molecule has 1 heterocycles. The molecule has 1 aliphatic heterocycles. The molecule has 0 aliphatic carbocycles. The summed E-state index contributed by atoms with van der Waals surface area (Å²) >= 11 is 0. The Kier molecular flexibility index (Phi) is 3.50. The highest BCUT2D eigenvalue weighted by Crippen LogP contribution is 2.20. The van der Waals surface area contributed by atoms with Crippen LogP contribution in [0.15, 0.2) is 24.3 Å². The third-order valence-corrected chi connectivity index (χ3v) is 2.90. The molecule has 1 aliphatic rings. The second-order valence-corrected chi connectivity index (χ2v) is 4.14. The number of rotatable bonds is 3. The summed E-state index contributed by atoms with van der Waals surface area (Å²) in [5.41, 5.74) is 0.809. The van der Waals surface area contributed by atoms with Crippen LogP contribution < -0.4 is 4.74 Å². The molecule has 0 spiro atoms. The Morgan fingerprint density at radius 3 is 2.47 bits per heavy atom. The first-order valence-electron chi connectivity index (χ1n) is 5.71. The zero-order chi connectivity index (χ0) is 14.0. The highest BCUT2D eigenvalue weighted by molar-refractivity contribution is 6.05. The fourth-order valence-corrected chi connectivity index (χ4v) is 1.94. The first-order valence-corrected chi connectivity index (χ1v) is 5.71. The molecule has 0 aromatic heterocycles. The lowest BCUT2D eigenvalue weighted by molar-refractivity contribution is -0.137. The SMILES string of the molecule is COc1ccc(C[C@H]2C(=O)OC(=O)N2C(C)=O)cc1. The highest BCUT2D eigenvalue weighted by atomic mass is 16.6. The number of carbonyl (C=O) groups is 3. The van der Waals surface area contributed by atoms with Gasteiger partial charge >= 0.3 is 12.1 Å². The maximum atomic E-state index is 11.6. The highest BCUT2D eigenvalue weighted by Gasteiger charge is 2.43. The van der Waals surface area contributed by atoms with Gasteiger partial charge in [0.1, 0.15) is 11.8 Å². The van der Waals surface area contributed by atoms with E-state index in [1.807, 2.05) is 0 Å². The van der Waals surface area contributed by atoms with Crippen LogP contribution in [0.5, 0.6) is 5.75 Å². The van der Waals surface area contributed by atoms with E-state index in [-0.39, 0.29) is 6.42 Å². The van der Waals surface area contributed by atoms with Crippen molar-refractivity contribution in [1.82, 2.24) is 4.90 Å². The molecule has 0 radical (unpaired) electrons. The van der Waals surface area contributed by atoms with Gasteiger partial charge in [0.05, 0.1) is 7.11 Å². The minimum Gasteiger partial charge on any atom is -0.497 e. The lowest BCUT2D eigenvalue weighted by atomic mass is 10.1. The third kappa shape index (κ3) is 2.57. The van der Waals surface area contributed by atoms with Crippen LogP contribution in [0.3, 0.4) is 0 Å². The van der Waals surface area contributed by atoms with Gasteiger partial charge in [-0.05, 0) is 17.7 Å². The number of ether oxygens (including phenoxy) is 2. The van der Waals surface area contributed by atoms with Crippen molar-refractivity contribution < 1.29 is 23.9 Å². The summed E-state index contributed by atoms with van der Waals surface area (Å²) < 4.78 is 9.49. The summed E-state index contributed by atoms with van der Waals surface area (Å²) in [7, 11) is 1.56. The van der Waals surface area contributed by atoms with Gasteiger partial charge in [0.2, 0.25) is 5.91 Å². The molecule has 1 aromatic rings. The normalized spacial score (nSPS) is 18.4. The summed E-state index contributed by atoms with van der Waals surface area (Å²) in [6.07, 6.45) is -0.676. The van der Waals surface area contributed by atoms with Gasteiger partial charge in [-0.2, -0.15) is 0 Å². The topological polar surface area (TPSA) is 72.9 Å². The summed E-state index contributed by atoms with van der Waals surface area (Å²) in [6.45, 7) is 1.22. The molecule has 19 heavy (non-hydrogen) atoms. The summed E-state index contributed by atoms with van der Waals surface area (Å²) in [5, 5.41) is 0. The van der Waals surface area contributed by atoms with Crippen molar-refractivity contribution >= 4 is 18.0 Å². The zero-order valence-electron chi connectivity index (χ0n) is 10.6. The first kappa shape index (κ1) is 13.1. The van der Waals surface area contributed by atoms with E-state index in [4.69, 9.17) is 4.74 Å². The minimum atomic E-state index is -0.906. The lowest BCUT2D eigenvalue weighted by Crippen LogP contribution is -2.40. The molecule has 6 heteroatoms. The Morgan fingerprint density at radius 1 is 1.32 bits per heavy atom. The molecule has 6 nitrogen and oxygen atoms in total. The summed E-state index contributed by atoms with van der Waals surface area (Å²) in [5.74, 6) is -0.511. The van der Waals surface area contributed by atoms with Crippen LogP contribution in [0.4, 0.5) is 4.79 Å². The van der Waals surface area contributed by atoms with E-state index in [1.54, 1.807) is 31.4 Å². The molecule has 1 aromatic carbocycles. The number of cyclic esters (lactones) is 2. The van der Waals surface area contributed by atoms with Crippen molar-refractivity contribution in [2.75, 3.05) is 7.11 Å². The molecule has 1 saturated heterocycles. The largest absolute Gasteiger partial charge is 0.497 e. The molecule has 100 valence electrons. The first-order chi connectivity index (χ1) is 9.02. The number of carbonyl (C=O) groups excluding carboxylic acids is 3. The van der Waals surface area contributed by atoms with Crippen LogP contribution in [0, 0.1) is 0 Å². The van der Waals surface area contributed by atoms with E-state index in [0.717, 1.165) is 10.5 Å². The lowest BCUT2D eigenvalue weighted by Gasteiger charge is -2.16. The molecule has 0 N–H and O–H groups in total. The molecule has 1 fully saturated rings. The zero-order valence-corrected chi connectivity index (χ0v) is 10.6. The van der Waals surface area contributed by atoms with E-state index in [0.29, 0.717) is 5.75 Å². The van der Waals surface area contributed by atoms with Crippen LogP contribution >= 0.6 is 0 Å². The van der Waals surface area contributed by atoms with Crippen molar-refractivity contribution in [3.63, 3.8) is 0 Å². The van der Waals surface area contributed by atoms with Crippen LogP contribution in [-0.2, 0) is 20.7 Å². The van der Waals surface area contributed by atoms with Crippen molar-refractivity contribution in [1.29, 1.82) is 0 Å². The summed E-state index contributed by atoms with van der Waals surface area (Å²) in [6, 6.07) is 6.14. The third-order valence-electron chi connectivity index (χ3n) is 2.90. The van der Waals surface area contributed by atoms with Crippen LogP contribution in [0.25, 0.3) is 0 Å². The predicted octanol–water partition coefficient (Wildman–Crippen LogP) is 1.13. The van der Waals surface area contributed by atoms with Gasteiger partial charge in [-0.25, -0.2) is 14.5 Å². The molecule has 2 amide bonds. The van der Waals surface area contributed by atoms with Gasteiger partial charge in [0, 0.05) is 13.3 Å². The number of esters is 1. The average Bonchev–Trinajstić information content (AvgIpc) is 2.65. The van der Waals surface area contributed by atoms with Crippen molar-refractivity contribution in [2.45, 2.75) is 19.4 Å². The number of hydrogen-bond acceptors (Lipinski definition) is 5. The molecule has 1 atom stereocenters. The van der Waals surface area contributed by atoms with E-state index in [1.165, 1.54) is 6.92 Å². The molecule has 0 bridgehead atoms. The predicted molar refractivity (Wildman–Crippen MR) is 64.5 cm³/mol. The number of hydrogen-bond donors (Lipinski definition) is 0. The number of nitrogens with zero attached hydrogens (tertiary/aromatic N) is 1. The van der Waals surface area contributed by atoms with E-state index in [9.17, 15) is 14.4 Å². The molecular weight excluding hydrogens is 250 g/mol. The van der Waals surface area contributed by atoms with E-state index >= 15 is 0 Å². The average molecular weight is 263 g/mol. The number of methoxy groups -OCH3 is 1. The van der Waals surface area contributed by atoms with Gasteiger partial charge < -0.3 is 9.47 Å². The van der Waals surface area contributed by atoms with Crippen LogP contribution in [0.1, 0.15) is 12.5 Å². The van der Waals surface area contributed by atoms with Gasteiger partial charge in [-0.3, -0.25) is 4.79 Å². The minimum absolute atomic E-state index is 0.230. The van der Waals surface area contributed by atoms with Gasteiger partial charge in [-0.15, -0.1) is 0 Å². The molecule has 0 saturated carbocycles. The second kappa shape index (κ2) is 5.09. The standard InChI is InChI=1S/C13H13NO5/c1-8(15)14-11(12(16)19-13(14)17)7-9-3-5-10(18-2)6-4-9/h3-6,11H,7H2,1-2H3/t11-/m0/s1. The van der Waals surface area contributed by atoms with Gasteiger partial charge in [0.25, 0.3) is 0 Å². The second-order valence-electron chi connectivity index (χ2n) is 4.14. The van der Waals surface area contributed by atoms with Crippen molar-refractivity contribution in [2.24, 2.45) is 0 Å². The monoisotopic (exact) mass is 263 g/mol. The van der Waals surface area contributed by atoms with Gasteiger partial charge in [-0.1, -0.05) is 12.1 Å². The smallest absolute Gasteiger partial charge is 0.425 e. The van der Waals surface area contributed by atoms with Crippen LogP contribution in [0.2, 0.25) is 0 Å². The van der Waals surface area contributed by atoms with Crippen LogP contribution in [-0.4, -0.2) is 36.0 Å².